The van der Waals surface area contributed by atoms with Gasteiger partial charge in [0.15, 0.2) is 0 Å². The summed E-state index contributed by atoms with van der Waals surface area (Å²) in [6.45, 7) is 4.47. The Hall–Kier alpha value is -2.61. The molecule has 158 valence electrons. The van der Waals surface area contributed by atoms with E-state index in [9.17, 15) is 4.79 Å². The van der Waals surface area contributed by atoms with Gasteiger partial charge < -0.3 is 10.1 Å². The molecule has 4 aromatic rings. The highest BCUT2D eigenvalue weighted by Gasteiger charge is 2.35. The summed E-state index contributed by atoms with van der Waals surface area (Å²) in [5.74, 6) is 1.01. The average Bonchev–Trinajstić information content (AvgIpc) is 3.28. The lowest BCUT2D eigenvalue weighted by molar-refractivity contribution is -0.116. The van der Waals surface area contributed by atoms with Crippen LogP contribution in [0, 0.1) is 6.92 Å². The molecule has 0 spiro atoms. The number of aromatic nitrogens is 3. The van der Waals surface area contributed by atoms with Gasteiger partial charge in [-0.25, -0.2) is 4.98 Å². The van der Waals surface area contributed by atoms with Gasteiger partial charge in [-0.2, -0.15) is 9.78 Å². The summed E-state index contributed by atoms with van der Waals surface area (Å²) in [6.07, 6.45) is 0.251. The maximum atomic E-state index is 12.6. The zero-order valence-corrected chi connectivity index (χ0v) is 19.1. The fraction of sp³-hybridized carbons (Fsp3) is 0.227. The molecule has 1 N–H and O–H groups in total. The lowest BCUT2D eigenvalue weighted by atomic mass is 9.85. The van der Waals surface area contributed by atoms with Crippen LogP contribution in [0.15, 0.2) is 36.4 Å². The summed E-state index contributed by atoms with van der Waals surface area (Å²) in [5.41, 5.74) is 3.29. The standard InChI is InChI=1S/C22H18Cl2N4O2S/c1-3-30-12-7-8-16-17(9-12)31-22(25-16)28-21-19(11(2)27-28)13(10-18(29)26-21)20-14(23)5-4-6-15(20)24/h4-9,13H,3,10H2,1-2H3,(H,26,29)/t13-/m0/s1. The summed E-state index contributed by atoms with van der Waals surface area (Å²) in [7, 11) is 0. The van der Waals surface area contributed by atoms with Crippen molar-refractivity contribution in [3.8, 4) is 10.9 Å². The number of anilines is 1. The van der Waals surface area contributed by atoms with Gasteiger partial charge >= 0.3 is 0 Å². The zero-order valence-electron chi connectivity index (χ0n) is 16.8. The number of benzene rings is 2. The largest absolute Gasteiger partial charge is 0.494 e. The number of rotatable bonds is 4. The first kappa shape index (κ1) is 20.3. The summed E-state index contributed by atoms with van der Waals surface area (Å²) in [6, 6.07) is 11.2. The van der Waals surface area contributed by atoms with Crippen molar-refractivity contribution in [2.24, 2.45) is 0 Å². The van der Waals surface area contributed by atoms with Crippen LogP contribution < -0.4 is 10.1 Å². The van der Waals surface area contributed by atoms with Crippen molar-refractivity contribution >= 4 is 56.5 Å². The van der Waals surface area contributed by atoms with E-state index in [4.69, 9.17) is 38.0 Å². The molecule has 0 unspecified atom stereocenters. The number of thiazole rings is 1. The van der Waals surface area contributed by atoms with Crippen molar-refractivity contribution in [2.75, 3.05) is 11.9 Å². The topological polar surface area (TPSA) is 69.0 Å². The third-order valence-electron chi connectivity index (χ3n) is 5.29. The summed E-state index contributed by atoms with van der Waals surface area (Å²) in [5, 5.41) is 9.44. The van der Waals surface area contributed by atoms with E-state index in [1.54, 1.807) is 22.9 Å². The number of aryl methyl sites for hydroxylation is 1. The Morgan fingerprint density at radius 1 is 1.23 bits per heavy atom. The third-order valence-corrected chi connectivity index (χ3v) is 6.94. The number of hydrogen-bond acceptors (Lipinski definition) is 5. The van der Waals surface area contributed by atoms with Gasteiger partial charge in [0.1, 0.15) is 11.6 Å². The normalized spacial score (nSPS) is 15.7. The molecular formula is C22H18Cl2N4O2S. The number of nitrogens with zero attached hydrogens (tertiary/aromatic N) is 3. The van der Waals surface area contributed by atoms with Gasteiger partial charge in [0.25, 0.3) is 0 Å². The van der Waals surface area contributed by atoms with E-state index in [2.05, 4.69) is 5.32 Å². The van der Waals surface area contributed by atoms with Crippen LogP contribution in [0.25, 0.3) is 15.3 Å². The van der Waals surface area contributed by atoms with E-state index >= 15 is 0 Å². The second-order valence-electron chi connectivity index (χ2n) is 7.26. The van der Waals surface area contributed by atoms with E-state index in [1.807, 2.05) is 32.0 Å². The molecule has 0 saturated carbocycles. The van der Waals surface area contributed by atoms with Crippen LogP contribution >= 0.6 is 34.5 Å². The molecular weight excluding hydrogens is 455 g/mol. The SMILES string of the molecule is CCOc1ccc2nc(-n3nc(C)c4c3NC(=O)C[C@@H]4c3c(Cl)cccc3Cl)sc2c1. The van der Waals surface area contributed by atoms with Crippen LogP contribution in [0.3, 0.4) is 0 Å². The summed E-state index contributed by atoms with van der Waals surface area (Å²) < 4.78 is 8.28. The van der Waals surface area contributed by atoms with Crippen LogP contribution in [0.2, 0.25) is 10.0 Å². The number of hydrogen-bond donors (Lipinski definition) is 1. The molecule has 6 nitrogen and oxygen atoms in total. The number of nitrogens with one attached hydrogen (secondary N) is 1. The molecule has 1 atom stereocenters. The average molecular weight is 473 g/mol. The number of carbonyl (C=O) groups excluding carboxylic acids is 1. The Bertz CT molecular complexity index is 1310. The van der Waals surface area contributed by atoms with E-state index in [1.165, 1.54) is 11.3 Å². The Balaban J connectivity index is 1.65. The van der Waals surface area contributed by atoms with E-state index < -0.39 is 0 Å². The minimum Gasteiger partial charge on any atom is -0.494 e. The van der Waals surface area contributed by atoms with E-state index in [-0.39, 0.29) is 18.2 Å². The number of halogens is 2. The first-order valence-corrected chi connectivity index (χ1v) is 11.4. The molecule has 0 bridgehead atoms. The maximum absolute atomic E-state index is 12.6. The second-order valence-corrected chi connectivity index (χ2v) is 9.08. The van der Waals surface area contributed by atoms with Crippen molar-refractivity contribution in [2.45, 2.75) is 26.2 Å². The van der Waals surface area contributed by atoms with Crippen molar-refractivity contribution < 1.29 is 9.53 Å². The Morgan fingerprint density at radius 2 is 2.00 bits per heavy atom. The zero-order chi connectivity index (χ0) is 21.7. The van der Waals surface area contributed by atoms with Gasteiger partial charge in [-0.3, -0.25) is 4.79 Å². The summed E-state index contributed by atoms with van der Waals surface area (Å²) >= 11 is 14.5. The maximum Gasteiger partial charge on any atom is 0.226 e. The summed E-state index contributed by atoms with van der Waals surface area (Å²) in [4.78, 5) is 17.4. The fourth-order valence-corrected chi connectivity index (χ4v) is 5.63. The molecule has 2 aromatic heterocycles. The van der Waals surface area contributed by atoms with Gasteiger partial charge in [0.2, 0.25) is 11.0 Å². The molecule has 0 radical (unpaired) electrons. The second kappa shape index (κ2) is 7.82. The Morgan fingerprint density at radius 3 is 2.74 bits per heavy atom. The van der Waals surface area contributed by atoms with Crippen molar-refractivity contribution in [3.05, 3.63) is 63.3 Å². The molecule has 1 amide bonds. The van der Waals surface area contributed by atoms with Crippen LogP contribution in [-0.2, 0) is 4.79 Å². The molecule has 0 saturated heterocycles. The van der Waals surface area contributed by atoms with Crippen LogP contribution in [0.4, 0.5) is 5.82 Å². The van der Waals surface area contributed by atoms with Crippen LogP contribution in [0.1, 0.15) is 36.1 Å². The lowest BCUT2D eigenvalue weighted by Gasteiger charge is -2.25. The van der Waals surface area contributed by atoms with Gasteiger partial charge in [-0.05, 0) is 49.7 Å². The molecule has 0 fully saturated rings. The third kappa shape index (κ3) is 3.46. The number of ether oxygens (including phenoxy) is 1. The molecule has 1 aliphatic rings. The van der Waals surface area contributed by atoms with E-state index in [0.29, 0.717) is 27.6 Å². The van der Waals surface area contributed by atoms with Gasteiger partial charge in [0, 0.05) is 27.9 Å². The molecule has 1 aliphatic heterocycles. The number of fused-ring (bicyclic) bond motifs is 2. The van der Waals surface area contributed by atoms with Crippen molar-refractivity contribution in [1.29, 1.82) is 0 Å². The highest BCUT2D eigenvalue weighted by Crippen LogP contribution is 2.45. The van der Waals surface area contributed by atoms with Gasteiger partial charge in [-0.15, -0.1) is 0 Å². The lowest BCUT2D eigenvalue weighted by Crippen LogP contribution is -2.25. The molecule has 5 rings (SSSR count). The molecule has 0 aliphatic carbocycles. The monoisotopic (exact) mass is 472 g/mol. The number of amides is 1. The Kier molecular flexibility index (Phi) is 5.12. The van der Waals surface area contributed by atoms with Crippen molar-refractivity contribution in [1.82, 2.24) is 14.8 Å². The fourth-order valence-electron chi connectivity index (χ4n) is 4.02. The predicted octanol–water partition coefficient (Wildman–Crippen LogP) is 5.97. The first-order valence-electron chi connectivity index (χ1n) is 9.83. The van der Waals surface area contributed by atoms with Gasteiger partial charge in [-0.1, -0.05) is 40.6 Å². The van der Waals surface area contributed by atoms with Gasteiger partial charge in [0.05, 0.1) is 22.5 Å². The minimum atomic E-state index is -0.280. The predicted molar refractivity (Wildman–Crippen MR) is 124 cm³/mol. The molecule has 9 heteroatoms. The highest BCUT2D eigenvalue weighted by atomic mass is 35.5. The Labute approximate surface area is 192 Å². The van der Waals surface area contributed by atoms with Crippen LogP contribution in [-0.4, -0.2) is 27.3 Å². The first-order chi connectivity index (χ1) is 15.0. The van der Waals surface area contributed by atoms with Crippen LogP contribution in [0.5, 0.6) is 5.75 Å². The number of carbonyl (C=O) groups is 1. The quantitative estimate of drug-likeness (QED) is 0.397. The highest BCUT2D eigenvalue weighted by molar-refractivity contribution is 7.20. The molecule has 3 heterocycles. The molecule has 31 heavy (non-hydrogen) atoms. The minimum absolute atomic E-state index is 0.116. The van der Waals surface area contributed by atoms with Crippen molar-refractivity contribution in [3.63, 3.8) is 0 Å². The van der Waals surface area contributed by atoms with E-state index in [0.717, 1.165) is 32.8 Å². The smallest absolute Gasteiger partial charge is 0.226 e. The molecule has 2 aromatic carbocycles.